The van der Waals surface area contributed by atoms with Crippen molar-refractivity contribution in [3.63, 3.8) is 0 Å². The third-order valence-corrected chi connectivity index (χ3v) is 4.47. The molecule has 0 radical (unpaired) electrons. The third-order valence-electron chi connectivity index (χ3n) is 3.33. The van der Waals surface area contributed by atoms with Crippen molar-refractivity contribution in [1.29, 1.82) is 0 Å². The van der Waals surface area contributed by atoms with Gasteiger partial charge in [-0.25, -0.2) is 4.39 Å². The van der Waals surface area contributed by atoms with Gasteiger partial charge < -0.3 is 5.32 Å². The molecule has 1 atom stereocenters. The quantitative estimate of drug-likeness (QED) is 0.725. The van der Waals surface area contributed by atoms with Crippen LogP contribution in [0.3, 0.4) is 0 Å². The Balaban J connectivity index is 2.08. The highest BCUT2D eigenvalue weighted by Gasteiger charge is 2.12. The summed E-state index contributed by atoms with van der Waals surface area (Å²) >= 11 is 1.57. The Bertz CT molecular complexity index is 571. The van der Waals surface area contributed by atoms with Crippen molar-refractivity contribution < 1.29 is 4.39 Å². The number of halogens is 1. The van der Waals surface area contributed by atoms with Crippen LogP contribution in [-0.2, 0) is 0 Å². The van der Waals surface area contributed by atoms with Gasteiger partial charge in [0.15, 0.2) is 0 Å². The first-order chi connectivity index (χ1) is 10.2. The van der Waals surface area contributed by atoms with Crippen LogP contribution in [0.5, 0.6) is 0 Å². The summed E-state index contributed by atoms with van der Waals surface area (Å²) in [5, 5.41) is 3.56. The Morgan fingerprint density at radius 1 is 1.14 bits per heavy atom. The lowest BCUT2D eigenvalue weighted by Crippen LogP contribution is -2.24. The van der Waals surface area contributed by atoms with E-state index in [1.54, 1.807) is 17.8 Å². The number of benzene rings is 2. The van der Waals surface area contributed by atoms with Crippen molar-refractivity contribution in [2.45, 2.75) is 31.2 Å². The minimum absolute atomic E-state index is 0.138. The predicted molar refractivity (Wildman–Crippen MR) is 89.3 cm³/mol. The summed E-state index contributed by atoms with van der Waals surface area (Å²) in [5.41, 5.74) is 2.53. The van der Waals surface area contributed by atoms with Gasteiger partial charge in [0.25, 0.3) is 0 Å². The van der Waals surface area contributed by atoms with E-state index in [1.165, 1.54) is 17.2 Å². The highest BCUT2D eigenvalue weighted by Crippen LogP contribution is 2.27. The summed E-state index contributed by atoms with van der Waals surface area (Å²) in [6.07, 6.45) is 1.09. The molecule has 2 aromatic carbocycles. The van der Waals surface area contributed by atoms with E-state index >= 15 is 0 Å². The molecule has 0 aliphatic carbocycles. The summed E-state index contributed by atoms with van der Waals surface area (Å²) in [7, 11) is 0. The molecule has 0 aromatic heterocycles. The standard InChI is InChI=1S/C18H22FNS/c1-3-11-20-17(15-8-6-7-14(2)12-15)13-21-18-10-5-4-9-16(18)19/h4-10,12,17,20H,3,11,13H2,1-2H3. The molecule has 1 unspecified atom stereocenters. The zero-order valence-electron chi connectivity index (χ0n) is 12.6. The molecule has 0 spiro atoms. The van der Waals surface area contributed by atoms with Crippen LogP contribution < -0.4 is 5.32 Å². The zero-order valence-corrected chi connectivity index (χ0v) is 13.4. The fourth-order valence-electron chi connectivity index (χ4n) is 2.21. The zero-order chi connectivity index (χ0) is 15.1. The molecule has 0 amide bonds. The molecule has 0 saturated carbocycles. The molecular weight excluding hydrogens is 281 g/mol. The van der Waals surface area contributed by atoms with Gasteiger partial charge in [-0.3, -0.25) is 0 Å². The van der Waals surface area contributed by atoms with E-state index in [0.717, 1.165) is 18.7 Å². The Hall–Kier alpha value is -1.32. The van der Waals surface area contributed by atoms with Crippen LogP contribution in [0.2, 0.25) is 0 Å². The van der Waals surface area contributed by atoms with Gasteiger partial charge >= 0.3 is 0 Å². The molecule has 2 aromatic rings. The monoisotopic (exact) mass is 303 g/mol. The number of nitrogens with one attached hydrogen (secondary N) is 1. The lowest BCUT2D eigenvalue weighted by Gasteiger charge is -2.19. The molecule has 1 N–H and O–H groups in total. The highest BCUT2D eigenvalue weighted by molar-refractivity contribution is 7.99. The van der Waals surface area contributed by atoms with Gasteiger partial charge in [-0.1, -0.05) is 48.9 Å². The number of hydrogen-bond donors (Lipinski definition) is 1. The van der Waals surface area contributed by atoms with Crippen LogP contribution in [0.4, 0.5) is 4.39 Å². The summed E-state index contributed by atoms with van der Waals surface area (Å²) < 4.78 is 13.7. The molecular formula is C18H22FNS. The van der Waals surface area contributed by atoms with Crippen molar-refractivity contribution in [3.05, 3.63) is 65.5 Å². The largest absolute Gasteiger partial charge is 0.309 e. The molecule has 21 heavy (non-hydrogen) atoms. The normalized spacial score (nSPS) is 12.3. The van der Waals surface area contributed by atoms with Crippen LogP contribution in [-0.4, -0.2) is 12.3 Å². The van der Waals surface area contributed by atoms with Gasteiger partial charge in [0.05, 0.1) is 0 Å². The van der Waals surface area contributed by atoms with Crippen LogP contribution in [0, 0.1) is 12.7 Å². The minimum Gasteiger partial charge on any atom is -0.309 e. The highest BCUT2D eigenvalue weighted by atomic mass is 32.2. The van der Waals surface area contributed by atoms with E-state index in [1.807, 2.05) is 12.1 Å². The van der Waals surface area contributed by atoms with Gasteiger partial charge in [0.1, 0.15) is 5.82 Å². The van der Waals surface area contributed by atoms with Crippen molar-refractivity contribution in [3.8, 4) is 0 Å². The maximum absolute atomic E-state index is 13.7. The number of thioether (sulfide) groups is 1. The second kappa shape index (κ2) is 8.20. The lowest BCUT2D eigenvalue weighted by atomic mass is 10.1. The van der Waals surface area contributed by atoms with E-state index in [-0.39, 0.29) is 11.9 Å². The maximum Gasteiger partial charge on any atom is 0.136 e. The van der Waals surface area contributed by atoms with Crippen molar-refractivity contribution in [2.75, 3.05) is 12.3 Å². The van der Waals surface area contributed by atoms with Gasteiger partial charge in [-0.05, 0) is 37.6 Å². The molecule has 0 fully saturated rings. The van der Waals surface area contributed by atoms with E-state index in [2.05, 4.69) is 43.4 Å². The van der Waals surface area contributed by atoms with E-state index < -0.39 is 0 Å². The SMILES string of the molecule is CCCNC(CSc1ccccc1F)c1cccc(C)c1. The smallest absolute Gasteiger partial charge is 0.136 e. The van der Waals surface area contributed by atoms with Crippen LogP contribution in [0.1, 0.15) is 30.5 Å². The second-order valence-corrected chi connectivity index (χ2v) is 6.22. The van der Waals surface area contributed by atoms with Crippen molar-refractivity contribution in [1.82, 2.24) is 5.32 Å². The second-order valence-electron chi connectivity index (χ2n) is 5.16. The molecule has 1 nitrogen and oxygen atoms in total. The first-order valence-corrected chi connectivity index (χ1v) is 8.36. The first kappa shape index (κ1) is 16.1. The summed E-state index contributed by atoms with van der Waals surface area (Å²) in [4.78, 5) is 0.716. The summed E-state index contributed by atoms with van der Waals surface area (Å²) in [6, 6.07) is 15.7. The fraction of sp³-hybridized carbons (Fsp3) is 0.333. The topological polar surface area (TPSA) is 12.0 Å². The summed E-state index contributed by atoms with van der Waals surface area (Å²) in [5.74, 6) is 0.686. The molecule has 0 aliphatic rings. The van der Waals surface area contributed by atoms with Gasteiger partial charge in [0.2, 0.25) is 0 Å². The molecule has 3 heteroatoms. The predicted octanol–water partition coefficient (Wildman–Crippen LogP) is 4.97. The number of hydrogen-bond acceptors (Lipinski definition) is 2. The van der Waals surface area contributed by atoms with Crippen LogP contribution >= 0.6 is 11.8 Å². The number of aryl methyl sites for hydroxylation is 1. The Labute approximate surface area is 131 Å². The van der Waals surface area contributed by atoms with Gasteiger partial charge in [0, 0.05) is 16.7 Å². The molecule has 0 heterocycles. The molecule has 0 saturated heterocycles. The Morgan fingerprint density at radius 2 is 1.95 bits per heavy atom. The molecule has 2 rings (SSSR count). The van der Waals surface area contributed by atoms with Crippen molar-refractivity contribution in [2.24, 2.45) is 0 Å². The van der Waals surface area contributed by atoms with E-state index in [9.17, 15) is 4.39 Å². The third kappa shape index (κ3) is 4.87. The number of rotatable bonds is 7. The van der Waals surface area contributed by atoms with Gasteiger partial charge in [-0.2, -0.15) is 0 Å². The van der Waals surface area contributed by atoms with Crippen LogP contribution in [0.25, 0.3) is 0 Å². The average molecular weight is 303 g/mol. The minimum atomic E-state index is -0.138. The lowest BCUT2D eigenvalue weighted by molar-refractivity contribution is 0.575. The van der Waals surface area contributed by atoms with Crippen LogP contribution in [0.15, 0.2) is 53.4 Å². The molecule has 112 valence electrons. The summed E-state index contributed by atoms with van der Waals surface area (Å²) in [6.45, 7) is 5.23. The molecule has 0 aliphatic heterocycles. The Morgan fingerprint density at radius 3 is 2.67 bits per heavy atom. The molecule has 0 bridgehead atoms. The van der Waals surface area contributed by atoms with E-state index in [4.69, 9.17) is 0 Å². The maximum atomic E-state index is 13.7. The fourth-order valence-corrected chi connectivity index (χ4v) is 3.25. The average Bonchev–Trinajstić information content (AvgIpc) is 2.49. The van der Waals surface area contributed by atoms with E-state index in [0.29, 0.717) is 4.90 Å². The first-order valence-electron chi connectivity index (χ1n) is 7.38. The van der Waals surface area contributed by atoms with Gasteiger partial charge in [-0.15, -0.1) is 11.8 Å². The Kier molecular flexibility index (Phi) is 6.27. The van der Waals surface area contributed by atoms with Crippen molar-refractivity contribution >= 4 is 11.8 Å².